The van der Waals surface area contributed by atoms with E-state index in [0.717, 1.165) is 25.0 Å². The van der Waals surface area contributed by atoms with Crippen molar-refractivity contribution < 1.29 is 4.74 Å². The van der Waals surface area contributed by atoms with Crippen molar-refractivity contribution in [2.24, 2.45) is 0 Å². The molecule has 0 spiro atoms. The van der Waals surface area contributed by atoms with E-state index in [4.69, 9.17) is 22.1 Å². The molecule has 2 heterocycles. The number of tetrazole rings is 1. The molecular formula is C13H16ClN5O. The van der Waals surface area contributed by atoms with Gasteiger partial charge >= 0.3 is 0 Å². The summed E-state index contributed by atoms with van der Waals surface area (Å²) in [7, 11) is 0. The first-order valence-corrected chi connectivity index (χ1v) is 7.04. The first kappa shape index (κ1) is 13.3. The Balaban J connectivity index is 1.85. The van der Waals surface area contributed by atoms with Crippen LogP contribution in [0, 0.1) is 0 Å². The maximum Gasteiger partial charge on any atom is 0.182 e. The van der Waals surface area contributed by atoms with Crippen molar-refractivity contribution in [2.75, 3.05) is 12.3 Å². The molecule has 0 amide bonds. The molecule has 7 heteroatoms. The molecule has 1 aliphatic rings. The molecule has 0 bridgehead atoms. The van der Waals surface area contributed by atoms with Gasteiger partial charge in [0.1, 0.15) is 0 Å². The fourth-order valence-corrected chi connectivity index (χ4v) is 2.66. The molecule has 20 heavy (non-hydrogen) atoms. The second kappa shape index (κ2) is 5.76. The largest absolute Gasteiger partial charge is 0.399 e. The normalized spacial score (nSPS) is 19.1. The van der Waals surface area contributed by atoms with Gasteiger partial charge in [0.2, 0.25) is 0 Å². The SMILES string of the molecule is Nc1cc(Cl)cc(-c2nnnn2CC2CCCCO2)c1. The van der Waals surface area contributed by atoms with E-state index in [-0.39, 0.29) is 6.10 Å². The van der Waals surface area contributed by atoms with Crippen molar-refractivity contribution in [1.82, 2.24) is 20.2 Å². The topological polar surface area (TPSA) is 78.9 Å². The van der Waals surface area contributed by atoms with Gasteiger partial charge in [-0.2, -0.15) is 0 Å². The van der Waals surface area contributed by atoms with Crippen LogP contribution in [0.1, 0.15) is 19.3 Å². The summed E-state index contributed by atoms with van der Waals surface area (Å²) in [5.41, 5.74) is 7.22. The lowest BCUT2D eigenvalue weighted by molar-refractivity contribution is 0.00397. The van der Waals surface area contributed by atoms with Crippen LogP contribution in [0.25, 0.3) is 11.4 Å². The highest BCUT2D eigenvalue weighted by Gasteiger charge is 2.18. The number of benzene rings is 1. The second-order valence-corrected chi connectivity index (χ2v) is 5.38. The molecule has 2 aromatic rings. The van der Waals surface area contributed by atoms with Gasteiger partial charge in [-0.1, -0.05) is 11.6 Å². The molecule has 106 valence electrons. The molecule has 2 N–H and O–H groups in total. The highest BCUT2D eigenvalue weighted by molar-refractivity contribution is 6.31. The van der Waals surface area contributed by atoms with Gasteiger partial charge in [-0.05, 0) is 47.9 Å². The maximum atomic E-state index is 6.03. The Morgan fingerprint density at radius 3 is 3.00 bits per heavy atom. The average molecular weight is 294 g/mol. The van der Waals surface area contributed by atoms with Gasteiger partial charge in [0, 0.05) is 22.9 Å². The molecule has 0 aliphatic carbocycles. The van der Waals surface area contributed by atoms with Crippen LogP contribution in [0.15, 0.2) is 18.2 Å². The van der Waals surface area contributed by atoms with E-state index in [0.29, 0.717) is 23.1 Å². The van der Waals surface area contributed by atoms with E-state index in [1.165, 1.54) is 6.42 Å². The van der Waals surface area contributed by atoms with Crippen LogP contribution in [0.2, 0.25) is 5.02 Å². The van der Waals surface area contributed by atoms with Crippen molar-refractivity contribution in [3.05, 3.63) is 23.2 Å². The third-order valence-electron chi connectivity index (χ3n) is 3.36. The van der Waals surface area contributed by atoms with Crippen molar-refractivity contribution in [3.63, 3.8) is 0 Å². The summed E-state index contributed by atoms with van der Waals surface area (Å²) in [6, 6.07) is 5.32. The van der Waals surface area contributed by atoms with E-state index in [9.17, 15) is 0 Å². The lowest BCUT2D eigenvalue weighted by atomic mass is 10.1. The Bertz CT molecular complexity index is 574. The number of nitrogen functional groups attached to an aromatic ring is 1. The molecular weight excluding hydrogens is 278 g/mol. The number of rotatable bonds is 3. The Morgan fingerprint density at radius 1 is 1.35 bits per heavy atom. The maximum absolute atomic E-state index is 6.03. The summed E-state index contributed by atoms with van der Waals surface area (Å²) in [6.07, 6.45) is 3.52. The van der Waals surface area contributed by atoms with Gasteiger partial charge in [-0.25, -0.2) is 4.68 Å². The zero-order valence-electron chi connectivity index (χ0n) is 11.0. The molecule has 1 aromatic heterocycles. The van der Waals surface area contributed by atoms with Crippen LogP contribution in [-0.4, -0.2) is 32.9 Å². The number of hydrogen-bond donors (Lipinski definition) is 1. The third kappa shape index (κ3) is 2.91. The van der Waals surface area contributed by atoms with Gasteiger partial charge < -0.3 is 10.5 Å². The predicted octanol–water partition coefficient (Wildman–Crippen LogP) is 2.14. The molecule has 1 aromatic carbocycles. The quantitative estimate of drug-likeness (QED) is 0.877. The smallest absolute Gasteiger partial charge is 0.182 e. The minimum Gasteiger partial charge on any atom is -0.399 e. The van der Waals surface area contributed by atoms with E-state index >= 15 is 0 Å². The second-order valence-electron chi connectivity index (χ2n) is 4.95. The highest BCUT2D eigenvalue weighted by atomic mass is 35.5. The predicted molar refractivity (Wildman–Crippen MR) is 76.3 cm³/mol. The van der Waals surface area contributed by atoms with Gasteiger partial charge in [0.15, 0.2) is 5.82 Å². The fraction of sp³-hybridized carbons (Fsp3) is 0.462. The third-order valence-corrected chi connectivity index (χ3v) is 3.58. The number of nitrogens with zero attached hydrogens (tertiary/aromatic N) is 4. The minimum absolute atomic E-state index is 0.169. The molecule has 0 radical (unpaired) electrons. The molecule has 1 fully saturated rings. The summed E-state index contributed by atoms with van der Waals surface area (Å²) in [5.74, 6) is 0.661. The van der Waals surface area contributed by atoms with Crippen LogP contribution in [0.3, 0.4) is 0 Å². The lowest BCUT2D eigenvalue weighted by Gasteiger charge is -2.22. The van der Waals surface area contributed by atoms with Crippen LogP contribution in [0.5, 0.6) is 0 Å². The summed E-state index contributed by atoms with van der Waals surface area (Å²) >= 11 is 6.03. The summed E-state index contributed by atoms with van der Waals surface area (Å²) in [6.45, 7) is 1.46. The van der Waals surface area contributed by atoms with E-state index in [2.05, 4.69) is 15.5 Å². The number of anilines is 1. The average Bonchev–Trinajstić information content (AvgIpc) is 2.87. The zero-order chi connectivity index (χ0) is 13.9. The van der Waals surface area contributed by atoms with Crippen LogP contribution >= 0.6 is 11.6 Å². The number of aromatic nitrogens is 4. The van der Waals surface area contributed by atoms with E-state index in [1.807, 2.05) is 12.1 Å². The summed E-state index contributed by atoms with van der Waals surface area (Å²) < 4.78 is 7.47. The van der Waals surface area contributed by atoms with Crippen molar-refractivity contribution in [3.8, 4) is 11.4 Å². The van der Waals surface area contributed by atoms with Crippen molar-refractivity contribution >= 4 is 17.3 Å². The van der Waals surface area contributed by atoms with Crippen molar-refractivity contribution in [1.29, 1.82) is 0 Å². The van der Waals surface area contributed by atoms with Crippen LogP contribution < -0.4 is 5.73 Å². The van der Waals surface area contributed by atoms with Gasteiger partial charge in [-0.15, -0.1) is 5.10 Å². The van der Waals surface area contributed by atoms with E-state index in [1.54, 1.807) is 10.7 Å². The van der Waals surface area contributed by atoms with E-state index < -0.39 is 0 Å². The fourth-order valence-electron chi connectivity index (χ4n) is 2.42. The molecule has 1 atom stereocenters. The number of halogens is 1. The molecule has 0 saturated carbocycles. The van der Waals surface area contributed by atoms with Gasteiger partial charge in [0.25, 0.3) is 0 Å². The van der Waals surface area contributed by atoms with Gasteiger partial charge in [-0.3, -0.25) is 0 Å². The molecule has 1 saturated heterocycles. The Morgan fingerprint density at radius 2 is 2.25 bits per heavy atom. The van der Waals surface area contributed by atoms with Crippen LogP contribution in [-0.2, 0) is 11.3 Å². The Labute approximate surface area is 121 Å². The molecule has 1 unspecified atom stereocenters. The standard InChI is InChI=1S/C13H16ClN5O/c14-10-5-9(6-11(15)7-10)13-16-17-18-19(13)8-12-3-1-2-4-20-12/h5-7,12H,1-4,8,15H2. The minimum atomic E-state index is 0.169. The Kier molecular flexibility index (Phi) is 3.84. The number of hydrogen-bond acceptors (Lipinski definition) is 5. The van der Waals surface area contributed by atoms with Crippen LogP contribution in [0.4, 0.5) is 5.69 Å². The molecule has 6 nitrogen and oxygen atoms in total. The lowest BCUT2D eigenvalue weighted by Crippen LogP contribution is -2.25. The first-order valence-electron chi connectivity index (χ1n) is 6.66. The summed E-state index contributed by atoms with van der Waals surface area (Å²) in [4.78, 5) is 0. The zero-order valence-corrected chi connectivity index (χ0v) is 11.8. The monoisotopic (exact) mass is 293 g/mol. The highest BCUT2D eigenvalue weighted by Crippen LogP contribution is 2.25. The number of ether oxygens (including phenoxy) is 1. The first-order chi connectivity index (χ1) is 9.72. The number of nitrogens with two attached hydrogens (primary N) is 1. The van der Waals surface area contributed by atoms with Gasteiger partial charge in [0.05, 0.1) is 12.6 Å². The molecule has 3 rings (SSSR count). The van der Waals surface area contributed by atoms with Crippen molar-refractivity contribution in [2.45, 2.75) is 31.9 Å². The summed E-state index contributed by atoms with van der Waals surface area (Å²) in [5, 5.41) is 12.4. The molecule has 1 aliphatic heterocycles. The Hall–Kier alpha value is -1.66.